The highest BCUT2D eigenvalue weighted by atomic mass is 79.9. The molecule has 0 bridgehead atoms. The molecule has 1 atom stereocenters. The van der Waals surface area contributed by atoms with Gasteiger partial charge in [-0.3, -0.25) is 13.9 Å². The molecule has 0 saturated carbocycles. The first kappa shape index (κ1) is 31.9. The molecule has 0 spiro atoms. The minimum absolute atomic E-state index is 0.0560. The fraction of sp³-hybridized carbons (Fsp3) is 0.310. The summed E-state index contributed by atoms with van der Waals surface area (Å²) < 4.78 is 54.0. The summed E-state index contributed by atoms with van der Waals surface area (Å²) in [5, 5.41) is 2.79. The molecule has 41 heavy (non-hydrogen) atoms. The second-order valence-electron chi connectivity index (χ2n) is 9.12. The summed E-state index contributed by atoms with van der Waals surface area (Å²) in [7, 11) is -1.57. The van der Waals surface area contributed by atoms with Crippen LogP contribution in [0.5, 0.6) is 11.5 Å². The van der Waals surface area contributed by atoms with Gasteiger partial charge in [0, 0.05) is 23.6 Å². The first-order chi connectivity index (χ1) is 19.5. The molecule has 3 rings (SSSR count). The molecule has 0 fully saturated rings. The van der Waals surface area contributed by atoms with Crippen molar-refractivity contribution in [2.45, 2.75) is 37.8 Å². The zero-order valence-corrected chi connectivity index (χ0v) is 25.7. The van der Waals surface area contributed by atoms with E-state index < -0.39 is 34.3 Å². The number of halogens is 2. The zero-order chi connectivity index (χ0) is 30.2. The maximum atomic E-state index is 14.0. The third-order valence-corrected chi connectivity index (χ3v) is 8.62. The highest BCUT2D eigenvalue weighted by Gasteiger charge is 2.33. The number of carbonyl (C=O) groups is 2. The van der Waals surface area contributed by atoms with Crippen LogP contribution in [0.1, 0.15) is 25.8 Å². The lowest BCUT2D eigenvalue weighted by molar-refractivity contribution is -0.139. The van der Waals surface area contributed by atoms with Crippen molar-refractivity contribution < 1.29 is 31.9 Å². The summed E-state index contributed by atoms with van der Waals surface area (Å²) >= 11 is 3.39. The van der Waals surface area contributed by atoms with E-state index in [4.69, 9.17) is 9.47 Å². The highest BCUT2D eigenvalue weighted by molar-refractivity contribution is 9.10. The van der Waals surface area contributed by atoms with E-state index in [1.807, 2.05) is 19.1 Å². The molecule has 3 aromatic rings. The van der Waals surface area contributed by atoms with Crippen LogP contribution < -0.4 is 19.1 Å². The number of nitrogens with zero attached hydrogens (tertiary/aromatic N) is 2. The Morgan fingerprint density at radius 2 is 1.61 bits per heavy atom. The molecule has 0 aliphatic rings. The predicted octanol–water partition coefficient (Wildman–Crippen LogP) is 4.74. The maximum absolute atomic E-state index is 14.0. The van der Waals surface area contributed by atoms with E-state index in [1.165, 1.54) is 49.5 Å². The van der Waals surface area contributed by atoms with Crippen molar-refractivity contribution in [3.63, 3.8) is 0 Å². The van der Waals surface area contributed by atoms with Crippen molar-refractivity contribution in [1.82, 2.24) is 10.2 Å². The van der Waals surface area contributed by atoms with Gasteiger partial charge in [-0.15, -0.1) is 0 Å². The Kier molecular flexibility index (Phi) is 11.1. The van der Waals surface area contributed by atoms with Crippen molar-refractivity contribution in [2.24, 2.45) is 0 Å². The predicted molar refractivity (Wildman–Crippen MR) is 158 cm³/mol. The molecule has 2 amide bonds. The average molecular weight is 651 g/mol. The number of benzene rings is 3. The molecule has 0 radical (unpaired) electrons. The van der Waals surface area contributed by atoms with E-state index in [0.717, 1.165) is 26.5 Å². The first-order valence-corrected chi connectivity index (χ1v) is 15.1. The van der Waals surface area contributed by atoms with Crippen molar-refractivity contribution in [1.29, 1.82) is 0 Å². The summed E-state index contributed by atoms with van der Waals surface area (Å²) in [4.78, 5) is 28.0. The smallest absolute Gasteiger partial charge is 0.264 e. The molecule has 12 heteroatoms. The van der Waals surface area contributed by atoms with E-state index >= 15 is 0 Å². The van der Waals surface area contributed by atoms with Crippen LogP contribution >= 0.6 is 15.9 Å². The quantitative estimate of drug-likeness (QED) is 0.287. The van der Waals surface area contributed by atoms with E-state index in [0.29, 0.717) is 18.7 Å². The molecule has 0 unspecified atom stereocenters. The number of amides is 2. The van der Waals surface area contributed by atoms with Gasteiger partial charge in [-0.2, -0.15) is 0 Å². The molecule has 0 heterocycles. The van der Waals surface area contributed by atoms with Crippen LogP contribution in [0.15, 0.2) is 76.1 Å². The number of ether oxygens (including phenoxy) is 2. The van der Waals surface area contributed by atoms with Crippen LogP contribution in [0, 0.1) is 5.82 Å². The highest BCUT2D eigenvalue weighted by Crippen LogP contribution is 2.32. The molecule has 0 aromatic heterocycles. The van der Waals surface area contributed by atoms with Gasteiger partial charge >= 0.3 is 0 Å². The maximum Gasteiger partial charge on any atom is 0.264 e. The molecule has 0 aliphatic heterocycles. The lowest BCUT2D eigenvalue weighted by Gasteiger charge is -2.32. The van der Waals surface area contributed by atoms with E-state index in [-0.39, 0.29) is 28.8 Å². The minimum Gasteiger partial charge on any atom is -0.493 e. The van der Waals surface area contributed by atoms with E-state index in [1.54, 1.807) is 19.1 Å². The molecule has 0 saturated heterocycles. The van der Waals surface area contributed by atoms with Gasteiger partial charge in [-0.05, 0) is 67.4 Å². The molecule has 220 valence electrons. The number of hydrogen-bond donors (Lipinski definition) is 1. The van der Waals surface area contributed by atoms with E-state index in [2.05, 4.69) is 21.2 Å². The van der Waals surface area contributed by atoms with Crippen LogP contribution in [0.3, 0.4) is 0 Å². The van der Waals surface area contributed by atoms with Crippen molar-refractivity contribution >= 4 is 43.5 Å². The summed E-state index contributed by atoms with van der Waals surface area (Å²) in [6.45, 7) is 3.34. The van der Waals surface area contributed by atoms with Crippen molar-refractivity contribution in [2.75, 3.05) is 31.6 Å². The normalized spacial score (nSPS) is 11.9. The summed E-state index contributed by atoms with van der Waals surface area (Å²) in [5.41, 5.74) is 0.814. The van der Waals surface area contributed by atoms with Gasteiger partial charge in [-0.1, -0.05) is 35.0 Å². The number of anilines is 1. The molecule has 1 N–H and O–H groups in total. The Balaban J connectivity index is 2.05. The van der Waals surface area contributed by atoms with Gasteiger partial charge in [-0.25, -0.2) is 12.8 Å². The standard InChI is InChI=1S/C29H33BrFN3O6S/c1-5-16-32-29(36)20(2)33(18-21-6-8-22(30)9-7-21)28(35)19-34(24-12-10-23(31)11-13-24)41(37,38)25-14-15-26(39-3)27(17-25)40-4/h6-15,17,20H,5,16,18-19H2,1-4H3,(H,32,36)/t20-/m1/s1. The topological polar surface area (TPSA) is 105 Å². The Morgan fingerprint density at radius 1 is 0.976 bits per heavy atom. The lowest BCUT2D eigenvalue weighted by atomic mass is 10.1. The Hall–Kier alpha value is -3.64. The van der Waals surface area contributed by atoms with Crippen molar-refractivity contribution in [3.05, 3.63) is 82.6 Å². The largest absolute Gasteiger partial charge is 0.493 e. The number of nitrogens with one attached hydrogen (secondary N) is 1. The number of sulfonamides is 1. The van der Waals surface area contributed by atoms with Crippen LogP contribution in [-0.2, 0) is 26.2 Å². The monoisotopic (exact) mass is 649 g/mol. The number of hydrogen-bond acceptors (Lipinski definition) is 6. The minimum atomic E-state index is -4.37. The van der Waals surface area contributed by atoms with Crippen LogP contribution in [0.4, 0.5) is 10.1 Å². The summed E-state index contributed by atoms with van der Waals surface area (Å²) in [6.07, 6.45) is 0.709. The fourth-order valence-corrected chi connectivity index (χ4v) is 5.70. The second kappa shape index (κ2) is 14.3. The number of carbonyl (C=O) groups excluding carboxylic acids is 2. The molecule has 3 aromatic carbocycles. The number of methoxy groups -OCH3 is 2. The fourth-order valence-electron chi connectivity index (χ4n) is 4.01. The van der Waals surface area contributed by atoms with Crippen LogP contribution in [-0.4, -0.2) is 58.5 Å². The number of rotatable bonds is 13. The van der Waals surface area contributed by atoms with E-state index in [9.17, 15) is 22.4 Å². The zero-order valence-electron chi connectivity index (χ0n) is 23.3. The second-order valence-corrected chi connectivity index (χ2v) is 11.9. The summed E-state index contributed by atoms with van der Waals surface area (Å²) in [5.74, 6) is -1.06. The van der Waals surface area contributed by atoms with Crippen molar-refractivity contribution in [3.8, 4) is 11.5 Å². The molecular weight excluding hydrogens is 617 g/mol. The van der Waals surface area contributed by atoms with Gasteiger partial charge < -0.3 is 19.7 Å². The van der Waals surface area contributed by atoms with Crippen LogP contribution in [0.2, 0.25) is 0 Å². The van der Waals surface area contributed by atoms with Gasteiger partial charge in [0.1, 0.15) is 18.4 Å². The van der Waals surface area contributed by atoms with Crippen LogP contribution in [0.25, 0.3) is 0 Å². The average Bonchev–Trinajstić information content (AvgIpc) is 2.97. The van der Waals surface area contributed by atoms with Gasteiger partial charge in [0.15, 0.2) is 11.5 Å². The third-order valence-electron chi connectivity index (χ3n) is 6.32. The first-order valence-electron chi connectivity index (χ1n) is 12.8. The Morgan fingerprint density at radius 3 is 2.20 bits per heavy atom. The Bertz CT molecular complexity index is 1450. The van der Waals surface area contributed by atoms with Gasteiger partial charge in [0.2, 0.25) is 11.8 Å². The van der Waals surface area contributed by atoms with Gasteiger partial charge in [0.05, 0.1) is 24.8 Å². The molecular formula is C29H33BrFN3O6S. The summed E-state index contributed by atoms with van der Waals surface area (Å²) in [6, 6.07) is 15.2. The molecule has 9 nitrogen and oxygen atoms in total. The van der Waals surface area contributed by atoms with Gasteiger partial charge in [0.25, 0.3) is 10.0 Å². The lowest BCUT2D eigenvalue weighted by Crippen LogP contribution is -2.51. The Labute approximate surface area is 248 Å². The molecule has 0 aliphatic carbocycles. The third kappa shape index (κ3) is 7.98. The SMILES string of the molecule is CCCNC(=O)[C@@H](C)N(Cc1ccc(Br)cc1)C(=O)CN(c1ccc(F)cc1)S(=O)(=O)c1ccc(OC)c(OC)c1.